The topological polar surface area (TPSA) is 96.5 Å². The Labute approximate surface area is 210 Å². The Kier molecular flexibility index (Phi) is 6.47. The maximum absolute atomic E-state index is 15.2. The lowest BCUT2D eigenvalue weighted by molar-refractivity contribution is 0.181. The van der Waals surface area contributed by atoms with Crippen LogP contribution in [0, 0.1) is 5.82 Å². The van der Waals surface area contributed by atoms with E-state index in [4.69, 9.17) is 21.1 Å². The third kappa shape index (κ3) is 4.70. The van der Waals surface area contributed by atoms with Crippen LogP contribution in [-0.4, -0.2) is 29.2 Å². The minimum Gasteiger partial charge on any atom is -0.486 e. The van der Waals surface area contributed by atoms with E-state index in [1.807, 2.05) is 18.2 Å². The molecule has 1 aliphatic heterocycles. The molecule has 8 nitrogen and oxygen atoms in total. The molecular weight excluding hydrogens is 487 g/mol. The summed E-state index contributed by atoms with van der Waals surface area (Å²) in [5.74, 6) is -0.179. The van der Waals surface area contributed by atoms with Crippen molar-refractivity contribution >= 4 is 40.0 Å². The first-order chi connectivity index (χ1) is 17.4. The number of benzene rings is 2. The number of hydrogen-bond donors (Lipinski definition) is 2. The number of halogens is 2. The van der Waals surface area contributed by atoms with Gasteiger partial charge in [0.15, 0.2) is 5.82 Å². The minimum atomic E-state index is -0.599. The van der Waals surface area contributed by atoms with Gasteiger partial charge in [0.2, 0.25) is 0 Å². The van der Waals surface area contributed by atoms with Crippen LogP contribution in [0.4, 0.5) is 20.6 Å². The second kappa shape index (κ2) is 9.87. The van der Waals surface area contributed by atoms with Gasteiger partial charge in [-0.15, -0.1) is 0 Å². The fourth-order valence-electron chi connectivity index (χ4n) is 4.05. The first kappa shape index (κ1) is 23.6. The van der Waals surface area contributed by atoms with E-state index in [1.54, 1.807) is 43.5 Å². The van der Waals surface area contributed by atoms with Crippen LogP contribution in [0.3, 0.4) is 0 Å². The molecule has 10 heteroatoms. The van der Waals surface area contributed by atoms with Gasteiger partial charge in [0.25, 0.3) is 5.56 Å². The van der Waals surface area contributed by atoms with E-state index < -0.39 is 18.0 Å². The number of nitrogens with zero attached hydrogens (tertiary/aromatic N) is 2. The minimum absolute atomic E-state index is 0.118. The highest BCUT2D eigenvalue weighted by molar-refractivity contribution is 6.32. The Morgan fingerprint density at radius 2 is 2.08 bits per heavy atom. The monoisotopic (exact) mass is 508 g/mol. The number of carbonyl (C=O) groups excluding carboxylic acids is 1. The number of H-pyrrole nitrogens is 1. The summed E-state index contributed by atoms with van der Waals surface area (Å²) < 4.78 is 25.9. The number of carbonyl (C=O) groups is 1. The number of aromatic nitrogens is 2. The first-order valence-corrected chi connectivity index (χ1v) is 11.7. The Bertz CT molecular complexity index is 1500. The fraction of sp³-hybridized carbons (Fsp3) is 0.192. The summed E-state index contributed by atoms with van der Waals surface area (Å²) in [6, 6.07) is 14.8. The fourth-order valence-corrected chi connectivity index (χ4v) is 4.28. The third-order valence-electron chi connectivity index (χ3n) is 5.90. The average molecular weight is 509 g/mol. The highest BCUT2D eigenvalue weighted by Gasteiger charge is 2.27. The van der Waals surface area contributed by atoms with Gasteiger partial charge in [0.1, 0.15) is 19.0 Å². The zero-order valence-electron chi connectivity index (χ0n) is 19.3. The molecule has 0 spiro atoms. The van der Waals surface area contributed by atoms with Crippen molar-refractivity contribution in [3.8, 4) is 5.75 Å². The van der Waals surface area contributed by atoms with E-state index >= 15 is 4.39 Å². The smallest absolute Gasteiger partial charge is 0.414 e. The highest BCUT2D eigenvalue weighted by atomic mass is 35.5. The lowest BCUT2D eigenvalue weighted by Gasteiger charge is -2.20. The van der Waals surface area contributed by atoms with E-state index in [1.165, 1.54) is 11.0 Å². The molecule has 2 N–H and O–H groups in total. The lowest BCUT2D eigenvalue weighted by Crippen LogP contribution is -2.25. The number of hydrogen-bond acceptors (Lipinski definition) is 6. The van der Waals surface area contributed by atoms with Crippen LogP contribution in [0.15, 0.2) is 65.6 Å². The molecule has 184 valence electrons. The summed E-state index contributed by atoms with van der Waals surface area (Å²) in [6.07, 6.45) is 1.09. The molecule has 4 aromatic rings. The number of cyclic esters (lactones) is 1. The number of fused-ring (bicyclic) bond motifs is 1. The number of rotatable bonds is 7. The van der Waals surface area contributed by atoms with Crippen molar-refractivity contribution in [3.63, 3.8) is 0 Å². The molecule has 3 heterocycles. The van der Waals surface area contributed by atoms with Crippen molar-refractivity contribution in [2.75, 3.05) is 23.4 Å². The molecule has 1 aliphatic rings. The predicted molar refractivity (Wildman–Crippen MR) is 135 cm³/mol. The molecule has 0 radical (unpaired) electrons. The van der Waals surface area contributed by atoms with Crippen LogP contribution >= 0.6 is 11.6 Å². The quantitative estimate of drug-likeness (QED) is 0.346. The molecule has 0 aliphatic carbocycles. The van der Waals surface area contributed by atoms with Crippen LogP contribution in [0.2, 0.25) is 5.02 Å². The van der Waals surface area contributed by atoms with Crippen molar-refractivity contribution in [3.05, 3.63) is 93.2 Å². The van der Waals surface area contributed by atoms with Gasteiger partial charge in [-0.05, 0) is 43.3 Å². The molecule has 5 rings (SSSR count). The van der Waals surface area contributed by atoms with E-state index in [0.29, 0.717) is 27.2 Å². The molecule has 0 saturated carbocycles. The highest BCUT2D eigenvalue weighted by Crippen LogP contribution is 2.32. The van der Waals surface area contributed by atoms with Gasteiger partial charge in [-0.2, -0.15) is 0 Å². The summed E-state index contributed by atoms with van der Waals surface area (Å²) in [4.78, 5) is 33.1. The third-order valence-corrected chi connectivity index (χ3v) is 6.19. The van der Waals surface area contributed by atoms with Crippen LogP contribution in [-0.2, 0) is 11.3 Å². The lowest BCUT2D eigenvalue weighted by atomic mass is 10.1. The summed E-state index contributed by atoms with van der Waals surface area (Å²) in [5, 5.41) is 4.12. The molecule has 1 unspecified atom stereocenters. The van der Waals surface area contributed by atoms with Gasteiger partial charge >= 0.3 is 6.09 Å². The van der Waals surface area contributed by atoms with Crippen LogP contribution < -0.4 is 20.5 Å². The zero-order chi connectivity index (χ0) is 25.2. The number of pyridine rings is 2. The standard InChI is InChI=1S/C26H22ClFN4O4/c1-15(30-20-6-4-7-22(24(20)28)32-9-10-35-26(32)34)18-11-16-12-19(27)23(13-21(16)31-25(18)33)36-14-17-5-2-3-8-29-17/h2-8,11-13,15,30H,9-10,14H2,1H3,(H,31,33). The van der Waals surface area contributed by atoms with Gasteiger partial charge < -0.3 is 19.8 Å². The molecule has 1 atom stereocenters. The van der Waals surface area contributed by atoms with Crippen LogP contribution in [0.25, 0.3) is 10.9 Å². The van der Waals surface area contributed by atoms with Gasteiger partial charge in [0, 0.05) is 23.2 Å². The predicted octanol–water partition coefficient (Wildman–Crippen LogP) is 5.42. The normalized spacial score (nSPS) is 14.1. The van der Waals surface area contributed by atoms with Gasteiger partial charge in [-0.1, -0.05) is 23.7 Å². The molecule has 1 saturated heterocycles. The number of nitrogens with one attached hydrogen (secondary N) is 2. The van der Waals surface area contributed by atoms with E-state index in [-0.39, 0.29) is 36.7 Å². The van der Waals surface area contributed by atoms with Crippen molar-refractivity contribution in [1.29, 1.82) is 0 Å². The Balaban J connectivity index is 1.39. The number of ether oxygens (including phenoxy) is 2. The second-order valence-corrected chi connectivity index (χ2v) is 8.71. The molecule has 36 heavy (non-hydrogen) atoms. The number of anilines is 2. The Morgan fingerprint density at radius 1 is 1.22 bits per heavy atom. The van der Waals surface area contributed by atoms with Crippen molar-refractivity contribution in [2.45, 2.75) is 19.6 Å². The maximum atomic E-state index is 15.2. The van der Waals surface area contributed by atoms with Crippen molar-refractivity contribution in [1.82, 2.24) is 9.97 Å². The van der Waals surface area contributed by atoms with Crippen LogP contribution in [0.1, 0.15) is 24.2 Å². The van der Waals surface area contributed by atoms with Gasteiger partial charge in [-0.25, -0.2) is 9.18 Å². The molecular formula is C26H22ClFN4O4. The SMILES string of the molecule is CC(Nc1cccc(N2CCOC2=O)c1F)c1cc2cc(Cl)c(OCc3ccccn3)cc2[nH]c1=O. The van der Waals surface area contributed by atoms with E-state index in [0.717, 1.165) is 5.69 Å². The average Bonchev–Trinajstić information content (AvgIpc) is 3.30. The molecule has 2 aromatic heterocycles. The molecule has 0 bridgehead atoms. The molecule has 2 aromatic carbocycles. The van der Waals surface area contributed by atoms with Crippen LogP contribution in [0.5, 0.6) is 5.75 Å². The van der Waals surface area contributed by atoms with Crippen molar-refractivity contribution < 1.29 is 18.7 Å². The summed E-state index contributed by atoms with van der Waals surface area (Å²) >= 11 is 6.44. The zero-order valence-corrected chi connectivity index (χ0v) is 20.0. The summed E-state index contributed by atoms with van der Waals surface area (Å²) in [6.45, 7) is 2.46. The summed E-state index contributed by atoms with van der Waals surface area (Å²) in [7, 11) is 0. The van der Waals surface area contributed by atoms with Crippen molar-refractivity contribution in [2.24, 2.45) is 0 Å². The maximum Gasteiger partial charge on any atom is 0.414 e. The van der Waals surface area contributed by atoms with Gasteiger partial charge in [0.05, 0.1) is 40.2 Å². The first-order valence-electron chi connectivity index (χ1n) is 11.3. The Hall–Kier alpha value is -4.11. The van der Waals surface area contributed by atoms with E-state index in [9.17, 15) is 9.59 Å². The summed E-state index contributed by atoms with van der Waals surface area (Å²) in [5.41, 5.74) is 1.64. The number of aromatic amines is 1. The molecule has 1 amide bonds. The second-order valence-electron chi connectivity index (χ2n) is 8.30. The molecule has 1 fully saturated rings. The number of amides is 1. The van der Waals surface area contributed by atoms with Gasteiger partial charge in [-0.3, -0.25) is 14.7 Å². The Morgan fingerprint density at radius 3 is 2.83 bits per heavy atom. The van der Waals surface area contributed by atoms with E-state index in [2.05, 4.69) is 15.3 Å². The largest absolute Gasteiger partial charge is 0.486 e.